The van der Waals surface area contributed by atoms with Crippen LogP contribution in [0.1, 0.15) is 65.7 Å². The van der Waals surface area contributed by atoms with Crippen molar-refractivity contribution in [2.45, 2.75) is 71.8 Å². The summed E-state index contributed by atoms with van der Waals surface area (Å²) in [7, 11) is -3.08. The summed E-state index contributed by atoms with van der Waals surface area (Å²) in [5.41, 5.74) is 0. The van der Waals surface area contributed by atoms with Gasteiger partial charge in [0.25, 0.3) is 0 Å². The average molecular weight is 319 g/mol. The van der Waals surface area contributed by atoms with E-state index in [0.717, 1.165) is 25.3 Å². The summed E-state index contributed by atoms with van der Waals surface area (Å²) in [6.45, 7) is 8.00. The topological polar surface area (TPSA) is 58.2 Å². The first-order chi connectivity index (χ1) is 9.93. The van der Waals surface area contributed by atoms with Crippen LogP contribution in [0, 0.1) is 11.8 Å². The van der Waals surface area contributed by atoms with E-state index >= 15 is 0 Å². The highest BCUT2D eigenvalue weighted by Gasteiger charge is 2.21. The molecule has 1 fully saturated rings. The summed E-state index contributed by atoms with van der Waals surface area (Å²) < 4.78 is 26.7. The smallest absolute Gasteiger partial charge is 0.211 e. The Morgan fingerprint density at radius 2 is 1.67 bits per heavy atom. The Morgan fingerprint density at radius 1 is 1.05 bits per heavy atom. The minimum Gasteiger partial charge on any atom is -0.315 e. The van der Waals surface area contributed by atoms with Crippen LogP contribution in [0.5, 0.6) is 0 Å². The maximum atomic E-state index is 12.0. The first kappa shape index (κ1) is 18.9. The molecule has 126 valence electrons. The molecule has 1 aliphatic carbocycles. The van der Waals surface area contributed by atoms with Gasteiger partial charge in [-0.05, 0) is 44.1 Å². The maximum Gasteiger partial charge on any atom is 0.211 e. The first-order valence-corrected chi connectivity index (χ1v) is 10.3. The molecule has 1 saturated carbocycles. The lowest BCUT2D eigenvalue weighted by Crippen LogP contribution is -2.33. The first-order valence-electron chi connectivity index (χ1n) is 8.63. The lowest BCUT2D eigenvalue weighted by Gasteiger charge is -2.27. The SMILES string of the molecule is CCC1CCC(CNS(=O)(=O)CCCCNC(C)C)CC1. The molecule has 1 rings (SSSR count). The molecule has 0 amide bonds. The third kappa shape index (κ3) is 8.79. The highest BCUT2D eigenvalue weighted by atomic mass is 32.2. The van der Waals surface area contributed by atoms with Crippen molar-refractivity contribution < 1.29 is 8.42 Å². The molecule has 2 N–H and O–H groups in total. The lowest BCUT2D eigenvalue weighted by atomic mass is 9.81. The van der Waals surface area contributed by atoms with Crippen LogP contribution in [0.15, 0.2) is 0 Å². The summed E-state index contributed by atoms with van der Waals surface area (Å²) in [6, 6.07) is 0.470. The fourth-order valence-corrected chi connectivity index (χ4v) is 4.19. The molecular formula is C16H34N2O2S. The average Bonchev–Trinajstić information content (AvgIpc) is 2.45. The Bertz CT molecular complexity index is 360. The van der Waals surface area contributed by atoms with Crippen LogP contribution in [0.2, 0.25) is 0 Å². The van der Waals surface area contributed by atoms with Gasteiger partial charge in [-0.2, -0.15) is 0 Å². The predicted octanol–water partition coefficient (Wildman–Crippen LogP) is 2.90. The van der Waals surface area contributed by atoms with Crippen molar-refractivity contribution in [3.63, 3.8) is 0 Å². The summed E-state index contributed by atoms with van der Waals surface area (Å²) in [6.07, 6.45) is 7.81. The second-order valence-electron chi connectivity index (χ2n) is 6.78. The molecule has 0 heterocycles. The van der Waals surface area contributed by atoms with Crippen LogP contribution in [0.4, 0.5) is 0 Å². The molecule has 0 unspecified atom stereocenters. The lowest BCUT2D eigenvalue weighted by molar-refractivity contribution is 0.270. The van der Waals surface area contributed by atoms with Gasteiger partial charge in [0, 0.05) is 12.6 Å². The Balaban J connectivity index is 2.12. The van der Waals surface area contributed by atoms with Gasteiger partial charge in [0.05, 0.1) is 5.75 Å². The molecular weight excluding hydrogens is 284 g/mol. The van der Waals surface area contributed by atoms with Crippen molar-refractivity contribution >= 4 is 10.0 Å². The van der Waals surface area contributed by atoms with Gasteiger partial charge in [-0.3, -0.25) is 0 Å². The van der Waals surface area contributed by atoms with Crippen LogP contribution < -0.4 is 10.0 Å². The molecule has 1 aliphatic rings. The van der Waals surface area contributed by atoms with Gasteiger partial charge in [-0.15, -0.1) is 0 Å². The molecule has 0 spiro atoms. The van der Waals surface area contributed by atoms with Crippen LogP contribution in [-0.2, 0) is 10.0 Å². The van der Waals surface area contributed by atoms with Gasteiger partial charge in [0.15, 0.2) is 0 Å². The molecule has 0 aromatic rings. The van der Waals surface area contributed by atoms with E-state index in [1.807, 2.05) is 0 Å². The Labute approximate surface area is 131 Å². The molecule has 0 aliphatic heterocycles. The van der Waals surface area contributed by atoms with E-state index in [0.29, 0.717) is 18.5 Å². The molecule has 4 nitrogen and oxygen atoms in total. The fourth-order valence-electron chi connectivity index (χ4n) is 2.97. The van der Waals surface area contributed by atoms with E-state index in [2.05, 4.69) is 30.8 Å². The quantitative estimate of drug-likeness (QED) is 0.609. The van der Waals surface area contributed by atoms with Crippen LogP contribution in [0.3, 0.4) is 0 Å². The molecule has 5 heteroatoms. The molecule has 0 saturated heterocycles. The number of hydrogen-bond donors (Lipinski definition) is 2. The van der Waals surface area contributed by atoms with Gasteiger partial charge in [-0.25, -0.2) is 13.1 Å². The zero-order chi connectivity index (χ0) is 15.7. The number of hydrogen-bond acceptors (Lipinski definition) is 3. The van der Waals surface area contributed by atoms with Crippen molar-refractivity contribution in [1.82, 2.24) is 10.0 Å². The molecule has 21 heavy (non-hydrogen) atoms. The molecule has 0 atom stereocenters. The van der Waals surface area contributed by atoms with Gasteiger partial charge >= 0.3 is 0 Å². The minimum absolute atomic E-state index is 0.261. The second kappa shape index (κ2) is 9.80. The van der Waals surface area contributed by atoms with Gasteiger partial charge < -0.3 is 5.32 Å². The van der Waals surface area contributed by atoms with E-state index in [1.54, 1.807) is 0 Å². The summed E-state index contributed by atoms with van der Waals surface area (Å²) >= 11 is 0. The fraction of sp³-hybridized carbons (Fsp3) is 1.00. The predicted molar refractivity (Wildman–Crippen MR) is 89.9 cm³/mol. The van der Waals surface area contributed by atoms with E-state index in [-0.39, 0.29) is 5.75 Å². The van der Waals surface area contributed by atoms with Crippen LogP contribution in [-0.4, -0.2) is 33.3 Å². The summed E-state index contributed by atoms with van der Waals surface area (Å²) in [5, 5.41) is 3.31. The highest BCUT2D eigenvalue weighted by molar-refractivity contribution is 7.89. The van der Waals surface area contributed by atoms with Gasteiger partial charge in [-0.1, -0.05) is 40.0 Å². The van der Waals surface area contributed by atoms with Crippen molar-refractivity contribution in [3.05, 3.63) is 0 Å². The number of sulfonamides is 1. The Hall–Kier alpha value is -0.130. The van der Waals surface area contributed by atoms with Crippen molar-refractivity contribution in [2.24, 2.45) is 11.8 Å². The van der Waals surface area contributed by atoms with E-state index in [9.17, 15) is 8.42 Å². The standard InChI is InChI=1S/C16H34N2O2S/c1-4-15-7-9-16(10-8-15)13-18-21(19,20)12-6-5-11-17-14(2)3/h14-18H,4-13H2,1-3H3. The normalized spacial score (nSPS) is 23.6. The van der Waals surface area contributed by atoms with Crippen molar-refractivity contribution in [1.29, 1.82) is 0 Å². The largest absolute Gasteiger partial charge is 0.315 e. The third-order valence-corrected chi connectivity index (χ3v) is 5.96. The molecule has 0 aromatic carbocycles. The Morgan fingerprint density at radius 3 is 2.24 bits per heavy atom. The Kier molecular flexibility index (Phi) is 8.83. The number of nitrogens with one attached hydrogen (secondary N) is 2. The third-order valence-electron chi connectivity index (χ3n) is 4.53. The monoisotopic (exact) mass is 318 g/mol. The van der Waals surface area contributed by atoms with Crippen molar-refractivity contribution in [2.75, 3.05) is 18.8 Å². The maximum absolute atomic E-state index is 12.0. The van der Waals surface area contributed by atoms with Gasteiger partial charge in [0.1, 0.15) is 0 Å². The zero-order valence-corrected chi connectivity index (χ0v) is 14.8. The molecule has 0 aromatic heterocycles. The summed E-state index contributed by atoms with van der Waals surface area (Å²) in [4.78, 5) is 0. The second-order valence-corrected chi connectivity index (χ2v) is 8.70. The molecule has 0 bridgehead atoms. The van der Waals surface area contributed by atoms with E-state index < -0.39 is 10.0 Å². The zero-order valence-electron chi connectivity index (χ0n) is 14.0. The van der Waals surface area contributed by atoms with Crippen LogP contribution in [0.25, 0.3) is 0 Å². The van der Waals surface area contributed by atoms with E-state index in [4.69, 9.17) is 0 Å². The van der Waals surface area contributed by atoms with Gasteiger partial charge in [0.2, 0.25) is 10.0 Å². The number of unbranched alkanes of at least 4 members (excludes halogenated alkanes) is 1. The minimum atomic E-state index is -3.08. The van der Waals surface area contributed by atoms with Crippen LogP contribution >= 0.6 is 0 Å². The van der Waals surface area contributed by atoms with E-state index in [1.165, 1.54) is 32.1 Å². The summed E-state index contributed by atoms with van der Waals surface area (Å²) in [5.74, 6) is 1.67. The van der Waals surface area contributed by atoms with Crippen molar-refractivity contribution in [3.8, 4) is 0 Å². The number of rotatable bonds is 10. The highest BCUT2D eigenvalue weighted by Crippen LogP contribution is 2.30. The molecule has 0 radical (unpaired) electrons.